The van der Waals surface area contributed by atoms with Crippen LogP contribution in [0.25, 0.3) is 5.57 Å². The van der Waals surface area contributed by atoms with Crippen LogP contribution in [0.4, 0.5) is 5.82 Å². The Morgan fingerprint density at radius 3 is 2.60 bits per heavy atom. The summed E-state index contributed by atoms with van der Waals surface area (Å²) in [6.45, 7) is 16.7. The second-order valence-corrected chi connectivity index (χ2v) is 11.2. The van der Waals surface area contributed by atoms with Crippen molar-refractivity contribution >= 4 is 23.6 Å². The number of anilines is 1. The van der Waals surface area contributed by atoms with Gasteiger partial charge in [0.05, 0.1) is 25.0 Å². The molecule has 1 saturated heterocycles. The van der Waals surface area contributed by atoms with Gasteiger partial charge in [-0.1, -0.05) is 43.5 Å². The normalized spacial score (nSPS) is 21.4. The molecule has 0 radical (unpaired) electrons. The summed E-state index contributed by atoms with van der Waals surface area (Å²) in [4.78, 5) is 18.7. The van der Waals surface area contributed by atoms with Gasteiger partial charge in [-0.25, -0.2) is 9.78 Å². The van der Waals surface area contributed by atoms with Crippen molar-refractivity contribution in [3.63, 3.8) is 0 Å². The van der Waals surface area contributed by atoms with Gasteiger partial charge in [-0.15, -0.1) is 0 Å². The molecule has 43 heavy (non-hydrogen) atoms. The summed E-state index contributed by atoms with van der Waals surface area (Å²) in [5, 5.41) is 19.6. The van der Waals surface area contributed by atoms with Crippen LogP contribution in [0.5, 0.6) is 0 Å². The lowest BCUT2D eigenvalue weighted by Gasteiger charge is -2.41. The van der Waals surface area contributed by atoms with Crippen LogP contribution in [0.2, 0.25) is 0 Å². The molecule has 2 aliphatic heterocycles. The second-order valence-electron chi connectivity index (χ2n) is 11.2. The number of hydrogen-bond acceptors (Lipinski definition) is 8. The molecule has 3 N–H and O–H groups in total. The maximum absolute atomic E-state index is 11.5. The third kappa shape index (κ3) is 7.80. The number of carbonyl (C=O) groups is 1. The Morgan fingerprint density at radius 1 is 1.23 bits per heavy atom. The standard InChI is InChI=1S/C34H42N4O5/c1-7-28(30-9-8-10-31(36-30)37-33(41-6)29(18-35)34(39)40)32(21(2)3)42-20-24-11-12-26-19-38(14-13-25(26)17-24)27-15-22(4)43-23(5)16-27/h7-12,17-18,22-23,27,35H,1-2,13-16,19-20H2,3-6H3,(H,36,37)(H,39,40)/b32-28-,33-29-,35-18?. The fourth-order valence-corrected chi connectivity index (χ4v) is 5.82. The average molecular weight is 587 g/mol. The van der Waals surface area contributed by atoms with E-state index in [1.165, 1.54) is 18.2 Å². The number of ether oxygens (including phenoxy) is 3. The van der Waals surface area contributed by atoms with Crippen LogP contribution in [-0.4, -0.2) is 59.1 Å². The first-order valence-electron chi connectivity index (χ1n) is 14.6. The lowest BCUT2D eigenvalue weighted by molar-refractivity contribution is -0.132. The number of fused-ring (bicyclic) bond motifs is 1. The zero-order valence-electron chi connectivity index (χ0n) is 25.5. The van der Waals surface area contributed by atoms with Crippen LogP contribution in [0, 0.1) is 5.41 Å². The first-order chi connectivity index (χ1) is 20.6. The number of nitrogens with zero attached hydrogens (tertiary/aromatic N) is 2. The highest BCUT2D eigenvalue weighted by Gasteiger charge is 2.31. The molecule has 2 aliphatic rings. The molecule has 2 unspecified atom stereocenters. The number of nitrogens with one attached hydrogen (secondary N) is 2. The highest BCUT2D eigenvalue weighted by Crippen LogP contribution is 2.30. The molecule has 0 spiro atoms. The van der Waals surface area contributed by atoms with E-state index >= 15 is 0 Å². The number of carboxylic acid groups (broad SMARTS) is 1. The second kappa shape index (κ2) is 14.3. The first-order valence-corrected chi connectivity index (χ1v) is 14.6. The molecule has 9 heteroatoms. The first kappa shape index (κ1) is 31.7. The molecule has 2 atom stereocenters. The van der Waals surface area contributed by atoms with E-state index in [4.69, 9.17) is 19.6 Å². The molecule has 2 aromatic rings. The van der Waals surface area contributed by atoms with Gasteiger partial charge in [0, 0.05) is 30.9 Å². The Kier molecular flexibility index (Phi) is 10.6. The molecular formula is C34H42N4O5. The minimum atomic E-state index is -1.29. The monoisotopic (exact) mass is 586 g/mol. The number of aliphatic carboxylic acids is 1. The maximum Gasteiger partial charge on any atom is 0.342 e. The van der Waals surface area contributed by atoms with Crippen molar-refractivity contribution in [2.45, 2.75) is 71.4 Å². The van der Waals surface area contributed by atoms with Gasteiger partial charge >= 0.3 is 5.97 Å². The van der Waals surface area contributed by atoms with Crippen molar-refractivity contribution in [3.8, 4) is 0 Å². The van der Waals surface area contributed by atoms with E-state index < -0.39 is 5.97 Å². The third-order valence-electron chi connectivity index (χ3n) is 7.81. The average Bonchev–Trinajstić information content (AvgIpc) is 2.98. The molecule has 0 bridgehead atoms. The van der Waals surface area contributed by atoms with Crippen molar-refractivity contribution in [1.82, 2.24) is 9.88 Å². The number of allylic oxidation sites excluding steroid dienone is 3. The van der Waals surface area contributed by atoms with E-state index in [9.17, 15) is 9.90 Å². The number of benzene rings is 1. The van der Waals surface area contributed by atoms with E-state index in [1.54, 1.807) is 18.2 Å². The molecule has 0 amide bonds. The summed E-state index contributed by atoms with van der Waals surface area (Å²) in [5.74, 6) is -0.480. The molecular weight excluding hydrogens is 544 g/mol. The van der Waals surface area contributed by atoms with Crippen LogP contribution in [0.15, 0.2) is 78.4 Å². The van der Waals surface area contributed by atoms with Gasteiger partial charge in [-0.3, -0.25) is 4.90 Å². The summed E-state index contributed by atoms with van der Waals surface area (Å²) in [6.07, 6.45) is 6.16. The van der Waals surface area contributed by atoms with E-state index in [0.29, 0.717) is 53.9 Å². The van der Waals surface area contributed by atoms with Crippen molar-refractivity contribution in [1.29, 1.82) is 5.41 Å². The van der Waals surface area contributed by atoms with Crippen molar-refractivity contribution in [3.05, 3.63) is 101 Å². The number of hydrogen-bond donors (Lipinski definition) is 3. The number of rotatable bonds is 12. The van der Waals surface area contributed by atoms with E-state index in [0.717, 1.165) is 43.5 Å². The number of aromatic nitrogens is 1. The van der Waals surface area contributed by atoms with Crippen LogP contribution in [-0.2, 0) is 38.6 Å². The van der Waals surface area contributed by atoms with E-state index in [-0.39, 0.29) is 11.5 Å². The highest BCUT2D eigenvalue weighted by atomic mass is 16.5. The summed E-state index contributed by atoms with van der Waals surface area (Å²) >= 11 is 0. The van der Waals surface area contributed by atoms with Crippen LogP contribution in [0.1, 0.15) is 56.0 Å². The van der Waals surface area contributed by atoms with Crippen LogP contribution in [0.3, 0.4) is 0 Å². The van der Waals surface area contributed by atoms with Crippen LogP contribution < -0.4 is 5.32 Å². The maximum atomic E-state index is 11.5. The van der Waals surface area contributed by atoms with Gasteiger partial charge < -0.3 is 30.0 Å². The topological polar surface area (TPSA) is 117 Å². The number of methoxy groups -OCH3 is 1. The molecule has 228 valence electrons. The third-order valence-corrected chi connectivity index (χ3v) is 7.81. The fourth-order valence-electron chi connectivity index (χ4n) is 5.82. The van der Waals surface area contributed by atoms with Gasteiger partial charge in [-0.05, 0) is 74.4 Å². The molecule has 1 fully saturated rings. The minimum Gasteiger partial charge on any atom is -0.488 e. The molecule has 4 rings (SSSR count). The van der Waals surface area contributed by atoms with Gasteiger partial charge in [0.2, 0.25) is 5.88 Å². The van der Waals surface area contributed by atoms with Gasteiger partial charge in [0.25, 0.3) is 0 Å². The lowest BCUT2D eigenvalue weighted by atomic mass is 9.92. The quantitative estimate of drug-likeness (QED) is 0.118. The summed E-state index contributed by atoms with van der Waals surface area (Å²) in [7, 11) is 1.32. The molecule has 1 aromatic carbocycles. The molecule has 1 aromatic heterocycles. The zero-order chi connectivity index (χ0) is 31.1. The predicted octanol–water partition coefficient (Wildman–Crippen LogP) is 6.09. The smallest absolute Gasteiger partial charge is 0.342 e. The zero-order valence-corrected chi connectivity index (χ0v) is 25.5. The molecule has 0 aliphatic carbocycles. The largest absolute Gasteiger partial charge is 0.488 e. The van der Waals surface area contributed by atoms with Crippen molar-refractivity contribution in [2.24, 2.45) is 0 Å². The van der Waals surface area contributed by atoms with Gasteiger partial charge in [-0.2, -0.15) is 0 Å². The molecule has 3 heterocycles. The summed E-state index contributed by atoms with van der Waals surface area (Å²) in [5.41, 5.74) is 5.41. The Labute approximate surface area is 254 Å². The Morgan fingerprint density at radius 2 is 1.98 bits per heavy atom. The number of pyridine rings is 1. The Hall–Kier alpha value is -4.21. The predicted molar refractivity (Wildman–Crippen MR) is 169 cm³/mol. The van der Waals surface area contributed by atoms with Gasteiger partial charge in [0.15, 0.2) is 0 Å². The Balaban J connectivity index is 1.51. The van der Waals surface area contributed by atoms with Crippen molar-refractivity contribution < 1.29 is 24.1 Å². The molecule has 9 nitrogen and oxygen atoms in total. The highest BCUT2D eigenvalue weighted by molar-refractivity contribution is 6.08. The van der Waals surface area contributed by atoms with E-state index in [1.807, 2.05) is 13.0 Å². The summed E-state index contributed by atoms with van der Waals surface area (Å²) < 4.78 is 17.5. The number of carboxylic acids is 1. The van der Waals surface area contributed by atoms with Crippen molar-refractivity contribution in [2.75, 3.05) is 19.0 Å². The molecule has 0 saturated carbocycles. The fraction of sp³-hybridized carbons (Fsp3) is 0.382. The lowest BCUT2D eigenvalue weighted by Crippen LogP contribution is -2.46. The summed E-state index contributed by atoms with van der Waals surface area (Å²) in [6, 6.07) is 12.4. The SMILES string of the molecule is C=C/C(=C(/OCc1ccc2c(c1)CCN(C1CC(C)OC(C)C1)C2)C(=C)C)c1cccc(N/C(OC)=C(\C=N)C(=O)O)n1. The minimum absolute atomic E-state index is 0.0972. The Bertz CT molecular complexity index is 1440. The van der Waals surface area contributed by atoms with Gasteiger partial charge in [0.1, 0.15) is 23.8 Å². The van der Waals surface area contributed by atoms with E-state index in [2.05, 4.69) is 60.4 Å². The van der Waals surface area contributed by atoms with Crippen LogP contribution >= 0.6 is 0 Å².